The van der Waals surface area contributed by atoms with Crippen molar-refractivity contribution in [3.8, 4) is 0 Å². The molecule has 0 amide bonds. The molecule has 3 nitrogen and oxygen atoms in total. The Labute approximate surface area is 111 Å². The van der Waals surface area contributed by atoms with E-state index < -0.39 is 0 Å². The Hall–Kier alpha value is -0.420. The number of aliphatic hydroxyl groups is 1. The van der Waals surface area contributed by atoms with E-state index in [4.69, 9.17) is 0 Å². The summed E-state index contributed by atoms with van der Waals surface area (Å²) in [6.07, 6.45) is -0.389. The highest BCUT2D eigenvalue weighted by molar-refractivity contribution is 9.10. The Morgan fingerprint density at radius 2 is 2.12 bits per heavy atom. The van der Waals surface area contributed by atoms with Crippen LogP contribution in [0, 0.1) is 6.92 Å². The van der Waals surface area contributed by atoms with Gasteiger partial charge in [0.05, 0.1) is 6.10 Å². The fourth-order valence-electron chi connectivity index (χ4n) is 2.12. The van der Waals surface area contributed by atoms with Crippen molar-refractivity contribution in [2.45, 2.75) is 13.0 Å². The van der Waals surface area contributed by atoms with Gasteiger partial charge < -0.3 is 10.4 Å². The number of nitrogens with zero attached hydrogens (tertiary/aromatic N) is 1. The van der Waals surface area contributed by atoms with E-state index in [1.54, 1.807) is 0 Å². The SMILES string of the molecule is Cc1cc(C(O)CN2CCNCC2)ccc1Br. The second-order valence-electron chi connectivity index (χ2n) is 4.58. The molecule has 0 saturated carbocycles. The van der Waals surface area contributed by atoms with Crippen LogP contribution in [-0.4, -0.2) is 42.7 Å². The first-order valence-corrected chi connectivity index (χ1v) is 6.83. The smallest absolute Gasteiger partial charge is 0.0917 e. The van der Waals surface area contributed by atoms with Crippen LogP contribution in [0.25, 0.3) is 0 Å². The third-order valence-corrected chi connectivity index (χ3v) is 4.10. The summed E-state index contributed by atoms with van der Waals surface area (Å²) in [5, 5.41) is 13.5. The van der Waals surface area contributed by atoms with Gasteiger partial charge in [-0.25, -0.2) is 0 Å². The number of aryl methyl sites for hydroxylation is 1. The van der Waals surface area contributed by atoms with Crippen molar-refractivity contribution in [3.05, 3.63) is 33.8 Å². The third-order valence-electron chi connectivity index (χ3n) is 3.21. The molecule has 1 aliphatic heterocycles. The molecule has 0 radical (unpaired) electrons. The predicted octanol–water partition coefficient (Wildman–Crippen LogP) is 1.70. The van der Waals surface area contributed by atoms with Crippen LogP contribution in [0.4, 0.5) is 0 Å². The monoisotopic (exact) mass is 298 g/mol. The molecule has 94 valence electrons. The second-order valence-corrected chi connectivity index (χ2v) is 5.43. The Morgan fingerprint density at radius 1 is 1.41 bits per heavy atom. The molecule has 2 rings (SSSR count). The summed E-state index contributed by atoms with van der Waals surface area (Å²) in [4.78, 5) is 2.30. The van der Waals surface area contributed by atoms with E-state index >= 15 is 0 Å². The molecule has 0 aliphatic carbocycles. The molecule has 1 unspecified atom stereocenters. The van der Waals surface area contributed by atoms with Gasteiger partial charge >= 0.3 is 0 Å². The molecule has 1 aromatic carbocycles. The van der Waals surface area contributed by atoms with E-state index in [1.165, 1.54) is 5.56 Å². The summed E-state index contributed by atoms with van der Waals surface area (Å²) in [7, 11) is 0. The lowest BCUT2D eigenvalue weighted by molar-refractivity contribution is 0.105. The number of aliphatic hydroxyl groups excluding tert-OH is 1. The lowest BCUT2D eigenvalue weighted by Gasteiger charge is -2.29. The van der Waals surface area contributed by atoms with E-state index in [0.29, 0.717) is 0 Å². The van der Waals surface area contributed by atoms with E-state index in [9.17, 15) is 5.11 Å². The maximum Gasteiger partial charge on any atom is 0.0917 e. The number of piperazine rings is 1. The molecule has 4 heteroatoms. The quantitative estimate of drug-likeness (QED) is 0.892. The van der Waals surface area contributed by atoms with Crippen molar-refractivity contribution >= 4 is 15.9 Å². The molecule has 0 aromatic heterocycles. The Bertz CT molecular complexity index is 378. The van der Waals surface area contributed by atoms with Crippen molar-refractivity contribution in [3.63, 3.8) is 0 Å². The minimum Gasteiger partial charge on any atom is -0.387 e. The molecular formula is C13H19BrN2O. The zero-order chi connectivity index (χ0) is 12.3. The summed E-state index contributed by atoms with van der Waals surface area (Å²) in [6.45, 7) is 6.85. The number of hydrogen-bond acceptors (Lipinski definition) is 3. The van der Waals surface area contributed by atoms with Crippen LogP contribution < -0.4 is 5.32 Å². The van der Waals surface area contributed by atoms with Crippen LogP contribution in [0.3, 0.4) is 0 Å². The molecule has 0 bridgehead atoms. The summed E-state index contributed by atoms with van der Waals surface area (Å²) in [5.74, 6) is 0. The lowest BCUT2D eigenvalue weighted by Crippen LogP contribution is -2.44. The highest BCUT2D eigenvalue weighted by atomic mass is 79.9. The minimum absolute atomic E-state index is 0.389. The first kappa shape index (κ1) is 13.0. The van der Waals surface area contributed by atoms with E-state index in [-0.39, 0.29) is 6.10 Å². The maximum absolute atomic E-state index is 10.2. The van der Waals surface area contributed by atoms with Crippen LogP contribution in [0.15, 0.2) is 22.7 Å². The first-order valence-electron chi connectivity index (χ1n) is 6.04. The predicted molar refractivity (Wildman–Crippen MR) is 73.1 cm³/mol. The van der Waals surface area contributed by atoms with E-state index in [0.717, 1.165) is 42.8 Å². The Morgan fingerprint density at radius 3 is 2.76 bits per heavy atom. The summed E-state index contributed by atoms with van der Waals surface area (Å²) in [5.41, 5.74) is 2.17. The van der Waals surface area contributed by atoms with Gasteiger partial charge in [-0.3, -0.25) is 4.90 Å². The van der Waals surface area contributed by atoms with Crippen LogP contribution >= 0.6 is 15.9 Å². The Kier molecular flexibility index (Phi) is 4.56. The lowest BCUT2D eigenvalue weighted by atomic mass is 10.1. The fourth-order valence-corrected chi connectivity index (χ4v) is 2.37. The van der Waals surface area contributed by atoms with Gasteiger partial charge in [0.1, 0.15) is 0 Å². The largest absolute Gasteiger partial charge is 0.387 e. The molecule has 1 saturated heterocycles. The molecule has 1 aromatic rings. The van der Waals surface area contributed by atoms with Crippen molar-refractivity contribution < 1.29 is 5.11 Å². The van der Waals surface area contributed by atoms with Crippen molar-refractivity contribution in [2.24, 2.45) is 0 Å². The van der Waals surface area contributed by atoms with Gasteiger partial charge in [0, 0.05) is 37.2 Å². The zero-order valence-corrected chi connectivity index (χ0v) is 11.7. The van der Waals surface area contributed by atoms with Gasteiger partial charge in [-0.15, -0.1) is 0 Å². The summed E-state index contributed by atoms with van der Waals surface area (Å²) >= 11 is 3.48. The number of benzene rings is 1. The normalized spacial score (nSPS) is 19.2. The minimum atomic E-state index is -0.389. The van der Waals surface area contributed by atoms with Crippen molar-refractivity contribution in [1.82, 2.24) is 10.2 Å². The molecule has 2 N–H and O–H groups in total. The van der Waals surface area contributed by atoms with Gasteiger partial charge in [0.15, 0.2) is 0 Å². The first-order chi connectivity index (χ1) is 8.16. The fraction of sp³-hybridized carbons (Fsp3) is 0.538. The van der Waals surface area contributed by atoms with Gasteiger partial charge in [-0.1, -0.05) is 28.1 Å². The molecule has 17 heavy (non-hydrogen) atoms. The number of rotatable bonds is 3. The Balaban J connectivity index is 1.98. The molecule has 1 heterocycles. The summed E-state index contributed by atoms with van der Waals surface area (Å²) < 4.78 is 1.09. The molecule has 1 atom stereocenters. The van der Waals surface area contributed by atoms with Gasteiger partial charge in [0.2, 0.25) is 0 Å². The maximum atomic E-state index is 10.2. The topological polar surface area (TPSA) is 35.5 Å². The van der Waals surface area contributed by atoms with Gasteiger partial charge in [0.25, 0.3) is 0 Å². The van der Waals surface area contributed by atoms with Crippen molar-refractivity contribution in [1.29, 1.82) is 0 Å². The van der Waals surface area contributed by atoms with Crippen LogP contribution in [-0.2, 0) is 0 Å². The third kappa shape index (κ3) is 3.52. The molecule has 1 aliphatic rings. The van der Waals surface area contributed by atoms with Crippen LogP contribution in [0.2, 0.25) is 0 Å². The van der Waals surface area contributed by atoms with Gasteiger partial charge in [-0.2, -0.15) is 0 Å². The molecular weight excluding hydrogens is 280 g/mol. The highest BCUT2D eigenvalue weighted by Crippen LogP contribution is 2.22. The number of halogens is 1. The second kappa shape index (κ2) is 5.96. The standard InChI is InChI=1S/C13H19BrN2O/c1-10-8-11(2-3-12(10)14)13(17)9-16-6-4-15-5-7-16/h2-3,8,13,15,17H,4-7,9H2,1H3. The average Bonchev–Trinajstić information content (AvgIpc) is 2.34. The summed E-state index contributed by atoms with van der Waals surface area (Å²) in [6, 6.07) is 6.05. The van der Waals surface area contributed by atoms with E-state index in [1.807, 2.05) is 19.1 Å². The number of hydrogen-bond donors (Lipinski definition) is 2. The zero-order valence-electron chi connectivity index (χ0n) is 10.1. The van der Waals surface area contributed by atoms with Crippen molar-refractivity contribution in [2.75, 3.05) is 32.7 Å². The van der Waals surface area contributed by atoms with Gasteiger partial charge in [-0.05, 0) is 24.1 Å². The highest BCUT2D eigenvalue weighted by Gasteiger charge is 2.15. The van der Waals surface area contributed by atoms with Crippen LogP contribution in [0.1, 0.15) is 17.2 Å². The number of nitrogens with one attached hydrogen (secondary N) is 1. The van der Waals surface area contributed by atoms with E-state index in [2.05, 4.69) is 32.2 Å². The average molecular weight is 299 g/mol. The molecule has 0 spiro atoms. The van der Waals surface area contributed by atoms with Crippen LogP contribution in [0.5, 0.6) is 0 Å². The number of β-amino-alcohol motifs (C(OH)–C–C–N with tert-alkyl or cyclic N) is 1. The molecule has 1 fully saturated rings.